The summed E-state index contributed by atoms with van der Waals surface area (Å²) in [7, 11) is 0. The molecular weight excluding hydrogens is 284 g/mol. The second-order valence-electron chi connectivity index (χ2n) is 4.33. The van der Waals surface area contributed by atoms with Gasteiger partial charge in [0.1, 0.15) is 23.0 Å². The molecule has 7 nitrogen and oxygen atoms in total. The lowest BCUT2D eigenvalue weighted by Gasteiger charge is -2.06. The van der Waals surface area contributed by atoms with Gasteiger partial charge in [-0.1, -0.05) is 0 Å². The van der Waals surface area contributed by atoms with E-state index in [2.05, 4.69) is 20.3 Å². The summed E-state index contributed by atoms with van der Waals surface area (Å²) in [6.45, 7) is 1.77. The van der Waals surface area contributed by atoms with Gasteiger partial charge >= 0.3 is 6.41 Å². The number of hydrogen-bond donors (Lipinski definition) is 1. The number of oxazole rings is 1. The first kappa shape index (κ1) is 13.7. The summed E-state index contributed by atoms with van der Waals surface area (Å²) in [5, 5.41) is 2.33. The highest BCUT2D eigenvalue weighted by atomic mass is 16.5. The predicted octanol–water partition coefficient (Wildman–Crippen LogP) is 2.71. The molecule has 3 aromatic rings. The van der Waals surface area contributed by atoms with Crippen molar-refractivity contribution in [2.45, 2.75) is 6.92 Å². The zero-order chi connectivity index (χ0) is 15.4. The van der Waals surface area contributed by atoms with E-state index in [0.717, 1.165) is 0 Å². The summed E-state index contributed by atoms with van der Waals surface area (Å²) in [6, 6.07) is 6.76. The Morgan fingerprint density at radius 2 is 2.05 bits per heavy atom. The highest BCUT2D eigenvalue weighted by molar-refractivity contribution is 5.69. The van der Waals surface area contributed by atoms with Crippen molar-refractivity contribution in [3.63, 3.8) is 0 Å². The van der Waals surface area contributed by atoms with Crippen LogP contribution in [0.4, 0.5) is 5.82 Å². The van der Waals surface area contributed by atoms with Crippen LogP contribution in [0.1, 0.15) is 5.89 Å². The maximum Gasteiger partial charge on any atom is 0.315 e. The van der Waals surface area contributed by atoms with E-state index >= 15 is 0 Å². The Morgan fingerprint density at radius 1 is 1.14 bits per heavy atom. The fourth-order valence-electron chi connectivity index (χ4n) is 1.79. The Labute approximate surface area is 126 Å². The monoisotopic (exact) mass is 295 g/mol. The quantitative estimate of drug-likeness (QED) is 0.728. The van der Waals surface area contributed by atoms with Crippen molar-refractivity contribution in [2.24, 2.45) is 0 Å². The molecule has 109 valence electrons. The van der Waals surface area contributed by atoms with Gasteiger partial charge in [0.05, 0.1) is 12.4 Å². The van der Waals surface area contributed by atoms with E-state index in [9.17, 15) is 4.79 Å². The Kier molecular flexibility index (Phi) is 3.78. The third-order valence-electron chi connectivity index (χ3n) is 2.76. The summed E-state index contributed by atoms with van der Waals surface area (Å²) in [5.74, 6) is 2.66. The largest absolute Gasteiger partial charge is 0.456 e. The summed E-state index contributed by atoms with van der Waals surface area (Å²) in [4.78, 5) is 22.5. The van der Waals surface area contributed by atoms with Crippen LogP contribution in [0, 0.1) is 6.92 Å². The number of aromatic nitrogens is 3. The number of hydrogen-bond acceptors (Lipinski definition) is 6. The summed E-state index contributed by atoms with van der Waals surface area (Å²) < 4.78 is 11.1. The molecule has 0 saturated heterocycles. The first-order valence-electron chi connectivity index (χ1n) is 6.40. The van der Waals surface area contributed by atoms with Crippen molar-refractivity contribution in [3.05, 3.63) is 48.7 Å². The molecule has 7 heteroatoms. The van der Waals surface area contributed by atoms with Gasteiger partial charge in [-0.05, 0) is 18.2 Å². The van der Waals surface area contributed by atoms with Crippen molar-refractivity contribution in [2.75, 3.05) is 5.32 Å². The molecule has 0 fully saturated rings. The maximum absolute atomic E-state index is 10.2. The second-order valence-corrected chi connectivity index (χ2v) is 4.33. The smallest absolute Gasteiger partial charge is 0.315 e. The van der Waals surface area contributed by atoms with Crippen LogP contribution in [0.3, 0.4) is 0 Å². The Morgan fingerprint density at radius 3 is 2.73 bits per heavy atom. The Balaban J connectivity index is 1.79. The molecule has 0 aliphatic heterocycles. The lowest BCUT2D eigenvalue weighted by Crippen LogP contribution is -1.96. The number of anilines is 1. The van der Waals surface area contributed by atoms with Crippen molar-refractivity contribution >= 4 is 12.2 Å². The van der Waals surface area contributed by atoms with Gasteiger partial charge in [-0.3, -0.25) is 9.78 Å². The Hall–Kier alpha value is -3.22. The first-order chi connectivity index (χ1) is 10.7. The van der Waals surface area contributed by atoms with E-state index in [1.807, 2.05) is 0 Å². The molecule has 0 bridgehead atoms. The summed E-state index contributed by atoms with van der Waals surface area (Å²) in [5.41, 5.74) is 0.625. The number of rotatable bonds is 5. The molecule has 3 rings (SSSR count). The maximum atomic E-state index is 10.2. The number of nitrogens with zero attached hydrogens (tertiary/aromatic N) is 3. The molecule has 0 saturated carbocycles. The molecule has 0 spiro atoms. The lowest BCUT2D eigenvalue weighted by molar-refractivity contribution is 0.479. The molecule has 0 atom stereocenters. The number of aryl methyl sites for hydroxylation is 1. The van der Waals surface area contributed by atoms with Gasteiger partial charge in [0.25, 0.3) is 0 Å². The van der Waals surface area contributed by atoms with E-state index < -0.39 is 0 Å². The standard InChI is InChI=1S/C15H11N4O3/c1-10-17-8-14(21-10)13-6-11(4-5-16-13)22-12-2-3-15(18-7-12)19-9-20/h2-8H,1H3,(H,18,19,20). The van der Waals surface area contributed by atoms with Crippen LogP contribution in [-0.2, 0) is 4.79 Å². The average Bonchev–Trinajstić information content (AvgIpc) is 2.97. The zero-order valence-corrected chi connectivity index (χ0v) is 11.6. The van der Waals surface area contributed by atoms with Crippen LogP contribution in [0.5, 0.6) is 11.5 Å². The lowest BCUT2D eigenvalue weighted by atomic mass is 10.3. The second kappa shape index (κ2) is 6.04. The number of carbonyl (C=O) groups excluding carboxylic acids is 1. The van der Waals surface area contributed by atoms with Gasteiger partial charge in [0, 0.05) is 19.2 Å². The molecule has 0 unspecified atom stereocenters. The number of ether oxygens (including phenoxy) is 1. The summed E-state index contributed by atoms with van der Waals surface area (Å²) in [6.07, 6.45) is 6.28. The van der Waals surface area contributed by atoms with E-state index in [0.29, 0.717) is 34.7 Å². The first-order valence-corrected chi connectivity index (χ1v) is 6.40. The van der Waals surface area contributed by atoms with Gasteiger partial charge in [0.2, 0.25) is 0 Å². The van der Waals surface area contributed by atoms with Gasteiger partial charge < -0.3 is 14.5 Å². The average molecular weight is 295 g/mol. The SMILES string of the molecule is Cc1ncc(-c2cc(Oc3ccc(N[C]=O)nc3)ccn2)o1. The highest BCUT2D eigenvalue weighted by Gasteiger charge is 2.07. The Bertz CT molecular complexity index is 783. The van der Waals surface area contributed by atoms with Crippen LogP contribution >= 0.6 is 0 Å². The number of nitrogens with one attached hydrogen (secondary N) is 1. The molecular formula is C15H11N4O3. The zero-order valence-electron chi connectivity index (χ0n) is 11.6. The topological polar surface area (TPSA) is 90.1 Å². The minimum Gasteiger partial charge on any atom is -0.456 e. The van der Waals surface area contributed by atoms with Crippen molar-refractivity contribution in [3.8, 4) is 23.0 Å². The molecule has 0 aliphatic rings. The molecule has 22 heavy (non-hydrogen) atoms. The number of amides is 1. The number of pyridine rings is 2. The third-order valence-corrected chi connectivity index (χ3v) is 2.76. The molecule has 1 amide bonds. The van der Waals surface area contributed by atoms with Crippen molar-refractivity contribution in [1.29, 1.82) is 0 Å². The molecule has 3 aromatic heterocycles. The fourth-order valence-corrected chi connectivity index (χ4v) is 1.79. The van der Waals surface area contributed by atoms with E-state index in [4.69, 9.17) is 9.15 Å². The third kappa shape index (κ3) is 3.09. The van der Waals surface area contributed by atoms with Crippen LogP contribution in [0.15, 0.2) is 47.3 Å². The van der Waals surface area contributed by atoms with Gasteiger partial charge in [-0.2, -0.15) is 0 Å². The van der Waals surface area contributed by atoms with E-state index in [1.165, 1.54) is 6.20 Å². The van der Waals surface area contributed by atoms with Crippen molar-refractivity contribution < 1.29 is 13.9 Å². The van der Waals surface area contributed by atoms with Crippen molar-refractivity contribution in [1.82, 2.24) is 15.0 Å². The molecule has 0 aromatic carbocycles. The van der Waals surface area contributed by atoms with Crippen LogP contribution in [0.2, 0.25) is 0 Å². The van der Waals surface area contributed by atoms with Gasteiger partial charge in [0.15, 0.2) is 11.7 Å². The predicted molar refractivity (Wildman–Crippen MR) is 78.1 cm³/mol. The van der Waals surface area contributed by atoms with Crippen LogP contribution in [-0.4, -0.2) is 21.4 Å². The fraction of sp³-hybridized carbons (Fsp3) is 0.0667. The van der Waals surface area contributed by atoms with Gasteiger partial charge in [-0.15, -0.1) is 0 Å². The normalized spacial score (nSPS) is 10.2. The van der Waals surface area contributed by atoms with Crippen LogP contribution in [0.25, 0.3) is 11.5 Å². The summed E-state index contributed by atoms with van der Waals surface area (Å²) >= 11 is 0. The van der Waals surface area contributed by atoms with Gasteiger partial charge in [-0.25, -0.2) is 9.97 Å². The van der Waals surface area contributed by atoms with E-state index in [1.54, 1.807) is 50.0 Å². The highest BCUT2D eigenvalue weighted by Crippen LogP contribution is 2.26. The minimum atomic E-state index is 0.398. The van der Waals surface area contributed by atoms with E-state index in [-0.39, 0.29) is 0 Å². The minimum absolute atomic E-state index is 0.398. The molecule has 1 N–H and O–H groups in total. The van der Waals surface area contributed by atoms with Crippen LogP contribution < -0.4 is 10.1 Å². The molecule has 0 aliphatic carbocycles. The molecule has 3 heterocycles. The molecule has 1 radical (unpaired) electrons.